The summed E-state index contributed by atoms with van der Waals surface area (Å²) in [4.78, 5) is 31.1. The van der Waals surface area contributed by atoms with Crippen LogP contribution in [0.3, 0.4) is 0 Å². The molecule has 0 unspecified atom stereocenters. The zero-order chi connectivity index (χ0) is 35.4. The number of amides is 1. The molecule has 3 fully saturated rings. The molecule has 0 aromatic heterocycles. The van der Waals surface area contributed by atoms with Gasteiger partial charge in [0.15, 0.2) is 11.5 Å². The monoisotopic (exact) mass is 742 g/mol. The van der Waals surface area contributed by atoms with Gasteiger partial charge >= 0.3 is 12.1 Å². The average Bonchev–Trinajstić information content (AvgIpc) is 3.13. The summed E-state index contributed by atoms with van der Waals surface area (Å²) in [5.41, 5.74) is 2.68. The van der Waals surface area contributed by atoms with Crippen LogP contribution in [0.15, 0.2) is 82.5 Å². The number of carbonyl (C=O) groups is 2. The summed E-state index contributed by atoms with van der Waals surface area (Å²) in [7, 11) is 3.08. The second-order valence-corrected chi connectivity index (χ2v) is 13.8. The predicted molar refractivity (Wildman–Crippen MR) is 191 cm³/mol. The van der Waals surface area contributed by atoms with Crippen LogP contribution < -0.4 is 19.7 Å². The molecular formula is C37H39Cl3N3O7+. The van der Waals surface area contributed by atoms with E-state index in [9.17, 15) is 14.7 Å². The zero-order valence-corrected chi connectivity index (χ0v) is 30.0. The minimum atomic E-state index is -0.754. The number of anilines is 1. The van der Waals surface area contributed by atoms with Gasteiger partial charge in [-0.1, -0.05) is 53.0 Å². The number of rotatable bonds is 11. The summed E-state index contributed by atoms with van der Waals surface area (Å²) < 4.78 is 23.1. The van der Waals surface area contributed by atoms with Crippen LogP contribution in [0, 0.1) is 5.92 Å². The lowest BCUT2D eigenvalue weighted by atomic mass is 9.86. The number of fused-ring (bicyclic) bond motifs is 3. The van der Waals surface area contributed by atoms with Crippen molar-refractivity contribution in [2.45, 2.75) is 38.0 Å². The third kappa shape index (κ3) is 8.16. The van der Waals surface area contributed by atoms with Gasteiger partial charge in [-0.25, -0.2) is 9.59 Å². The van der Waals surface area contributed by atoms with Crippen molar-refractivity contribution in [3.63, 3.8) is 0 Å². The largest absolute Gasteiger partial charge is 0.508 e. The van der Waals surface area contributed by atoms with Crippen LogP contribution in [0.5, 0.6) is 17.2 Å². The fraction of sp³-hybridized carbons (Fsp3) is 0.351. The normalized spacial score (nSPS) is 20.5. The topological polar surface area (TPSA) is 114 Å². The van der Waals surface area contributed by atoms with Crippen molar-refractivity contribution < 1.29 is 39.0 Å². The molecule has 0 saturated carbocycles. The number of carbonyl (C=O) groups excluding carboxylic acids is 2. The summed E-state index contributed by atoms with van der Waals surface area (Å²) in [6, 6.07) is 16.5. The van der Waals surface area contributed by atoms with Gasteiger partial charge in [0, 0.05) is 24.6 Å². The van der Waals surface area contributed by atoms with Gasteiger partial charge in [-0.15, -0.1) is 0 Å². The highest BCUT2D eigenvalue weighted by atomic mass is 35.5. The number of nitrogens with two attached hydrogens (primary N) is 1. The van der Waals surface area contributed by atoms with Crippen LogP contribution in [-0.2, 0) is 16.0 Å². The first-order valence-electron chi connectivity index (χ1n) is 16.4. The maximum absolute atomic E-state index is 13.7. The predicted octanol–water partition coefficient (Wildman–Crippen LogP) is 6.74. The molecule has 13 heteroatoms. The number of ether oxygens (including phenoxy) is 4. The van der Waals surface area contributed by atoms with Gasteiger partial charge in [0.05, 0.1) is 47.1 Å². The van der Waals surface area contributed by atoms with Gasteiger partial charge in [-0.05, 0) is 79.4 Å². The Bertz CT molecular complexity index is 1790. The van der Waals surface area contributed by atoms with E-state index in [-0.39, 0.29) is 29.8 Å². The molecule has 3 N–H and O–H groups in total. The SMILES string of the molecule is COc1ccc([C@H](CC2=C(Cl)C[NH2+]C=C2Cl)OC(=O)c2ccc(CN(C(=O)O[C@H]3CN4CCC3CC4)c3cc(O)ccc3Cl)cc2)cc1OC. The number of phenols is 1. The molecule has 264 valence electrons. The number of methoxy groups -OCH3 is 2. The van der Waals surface area contributed by atoms with Crippen LogP contribution in [0.2, 0.25) is 5.02 Å². The maximum atomic E-state index is 13.7. The quantitative estimate of drug-likeness (QED) is 0.208. The minimum Gasteiger partial charge on any atom is -0.508 e. The van der Waals surface area contributed by atoms with Crippen molar-refractivity contribution in [1.29, 1.82) is 0 Å². The standard InChI is InChI=1S/C37H38Cl3N3O7/c1-47-32-10-7-25(15-34(32)48-2)33(17-27-29(39)18-41-19-30(27)40)49-36(45)24-5-3-22(4-6-24)20-43(31-16-26(44)8-9-28(31)38)37(46)50-35-21-42-13-11-23(35)12-14-42/h3-10,15-16,18,23,33,35,41,44H,11-14,17,19-21H2,1-2H3/p+1/t33-,35-/m0/s1. The smallest absolute Gasteiger partial charge is 0.414 e. The van der Waals surface area contributed by atoms with Crippen molar-refractivity contribution in [2.75, 3.05) is 45.3 Å². The Morgan fingerprint density at radius 2 is 1.72 bits per heavy atom. The molecule has 7 rings (SSSR count). The first-order chi connectivity index (χ1) is 24.1. The van der Waals surface area contributed by atoms with Crippen molar-refractivity contribution in [2.24, 2.45) is 5.92 Å². The van der Waals surface area contributed by atoms with Gasteiger partial charge < -0.3 is 29.4 Å². The number of nitrogens with zero attached hydrogens (tertiary/aromatic N) is 2. The fourth-order valence-corrected chi connectivity index (χ4v) is 7.43. The Balaban J connectivity index is 1.22. The highest BCUT2D eigenvalue weighted by Crippen LogP contribution is 2.38. The molecule has 10 nitrogen and oxygen atoms in total. The average molecular weight is 744 g/mol. The van der Waals surface area contributed by atoms with Crippen LogP contribution in [-0.4, -0.2) is 68.6 Å². The number of piperidine rings is 3. The molecule has 0 aliphatic carbocycles. The van der Waals surface area contributed by atoms with Crippen LogP contribution >= 0.6 is 34.8 Å². The number of halogens is 3. The third-order valence-corrected chi connectivity index (χ3v) is 10.5. The molecule has 3 saturated heterocycles. The van der Waals surface area contributed by atoms with Crippen LogP contribution in [0.25, 0.3) is 0 Å². The number of allylic oxidation sites excluding steroid dienone is 1. The van der Waals surface area contributed by atoms with E-state index < -0.39 is 18.2 Å². The van der Waals surface area contributed by atoms with Gasteiger partial charge in [0.2, 0.25) is 0 Å². The Morgan fingerprint density at radius 3 is 2.38 bits per heavy atom. The Morgan fingerprint density at radius 1 is 0.980 bits per heavy atom. The molecule has 4 heterocycles. The van der Waals surface area contributed by atoms with E-state index in [1.165, 1.54) is 30.2 Å². The summed E-state index contributed by atoms with van der Waals surface area (Å²) in [5, 5.41) is 13.5. The van der Waals surface area contributed by atoms with E-state index >= 15 is 0 Å². The van der Waals surface area contributed by atoms with Crippen molar-refractivity contribution in [3.8, 4) is 17.2 Å². The van der Waals surface area contributed by atoms with Crippen LogP contribution in [0.4, 0.5) is 10.5 Å². The number of benzene rings is 3. The Kier molecular flexibility index (Phi) is 11.4. The van der Waals surface area contributed by atoms with Gasteiger partial charge in [-0.3, -0.25) is 9.80 Å². The number of quaternary nitrogens is 1. The van der Waals surface area contributed by atoms with Crippen molar-refractivity contribution in [1.82, 2.24) is 4.90 Å². The second kappa shape index (κ2) is 16.0. The molecule has 3 aromatic rings. The van der Waals surface area contributed by atoms with E-state index in [4.69, 9.17) is 53.8 Å². The van der Waals surface area contributed by atoms with Crippen molar-refractivity contribution in [3.05, 3.63) is 104 Å². The molecule has 3 aromatic carbocycles. The molecule has 0 spiro atoms. The number of esters is 1. The minimum absolute atomic E-state index is 0.0349. The van der Waals surface area contributed by atoms with Crippen LogP contribution in [0.1, 0.15) is 46.9 Å². The lowest BCUT2D eigenvalue weighted by Gasteiger charge is -2.44. The van der Waals surface area contributed by atoms with E-state index in [2.05, 4.69) is 4.90 Å². The summed E-state index contributed by atoms with van der Waals surface area (Å²) >= 11 is 19.6. The zero-order valence-electron chi connectivity index (χ0n) is 27.7. The van der Waals surface area contributed by atoms with E-state index in [1.807, 2.05) is 5.32 Å². The Hall–Kier alpha value is -3.93. The third-order valence-electron chi connectivity index (χ3n) is 9.41. The molecule has 0 radical (unpaired) electrons. The lowest BCUT2D eigenvalue weighted by Crippen LogP contribution is -2.79. The second-order valence-electron chi connectivity index (χ2n) is 12.5. The molecular weight excluding hydrogens is 705 g/mol. The van der Waals surface area contributed by atoms with E-state index in [0.29, 0.717) is 68.5 Å². The molecule has 4 aliphatic heterocycles. The Labute approximate surface area is 306 Å². The molecule has 4 aliphatic rings. The number of aromatic hydroxyl groups is 1. The molecule has 2 atom stereocenters. The summed E-state index contributed by atoms with van der Waals surface area (Å²) in [6.07, 6.45) is 2.47. The highest BCUT2D eigenvalue weighted by molar-refractivity contribution is 6.35. The van der Waals surface area contributed by atoms with Crippen molar-refractivity contribution >= 4 is 52.6 Å². The highest BCUT2D eigenvalue weighted by Gasteiger charge is 2.38. The summed E-state index contributed by atoms with van der Waals surface area (Å²) in [6.45, 7) is 3.34. The number of hydrogen-bond donors (Lipinski definition) is 2. The maximum Gasteiger partial charge on any atom is 0.414 e. The lowest BCUT2D eigenvalue weighted by molar-refractivity contribution is -0.580. The van der Waals surface area contributed by atoms with Gasteiger partial charge in [0.1, 0.15) is 30.7 Å². The first kappa shape index (κ1) is 35.9. The number of phenolic OH excluding ortho intramolecular Hbond substituents is 1. The van der Waals surface area contributed by atoms with E-state index in [1.54, 1.807) is 55.8 Å². The number of hydrogen-bond acceptors (Lipinski definition) is 8. The fourth-order valence-electron chi connectivity index (χ4n) is 6.61. The first-order valence-corrected chi connectivity index (χ1v) is 17.5. The van der Waals surface area contributed by atoms with E-state index in [0.717, 1.165) is 25.9 Å². The molecule has 1 amide bonds. The van der Waals surface area contributed by atoms with Gasteiger partial charge in [-0.2, -0.15) is 0 Å². The molecule has 2 bridgehead atoms. The summed E-state index contributed by atoms with van der Waals surface area (Å²) in [5.74, 6) is 0.734. The van der Waals surface area contributed by atoms with Gasteiger partial charge in [0.25, 0.3) is 0 Å². The molecule has 50 heavy (non-hydrogen) atoms.